The number of rotatable bonds is 5. The second-order valence-corrected chi connectivity index (χ2v) is 8.35. The van der Waals surface area contributed by atoms with Gasteiger partial charge in [-0.2, -0.15) is 4.72 Å². The van der Waals surface area contributed by atoms with Crippen LogP contribution in [0.25, 0.3) is 0 Å². The lowest BCUT2D eigenvalue weighted by Gasteiger charge is -2.20. The number of nitrogens with zero attached hydrogens (tertiary/aromatic N) is 1. The first kappa shape index (κ1) is 18.8. The molecule has 0 aliphatic rings. The fourth-order valence-corrected chi connectivity index (χ4v) is 4.63. The highest BCUT2D eigenvalue weighted by Crippen LogP contribution is 2.29. The van der Waals surface area contributed by atoms with E-state index >= 15 is 0 Å². The molecule has 1 heterocycles. The van der Waals surface area contributed by atoms with Crippen LogP contribution in [0.15, 0.2) is 62.4 Å². The maximum Gasteiger partial charge on any atom is 0.246 e. The van der Waals surface area contributed by atoms with Gasteiger partial charge < -0.3 is 4.52 Å². The van der Waals surface area contributed by atoms with Crippen LogP contribution in [0, 0.1) is 19.7 Å². The summed E-state index contributed by atoms with van der Waals surface area (Å²) in [6.45, 7) is 3.06. The van der Waals surface area contributed by atoms with E-state index in [2.05, 4.69) is 25.8 Å². The van der Waals surface area contributed by atoms with Crippen molar-refractivity contribution in [2.75, 3.05) is 0 Å². The summed E-state index contributed by atoms with van der Waals surface area (Å²) < 4.78 is 48.5. The molecule has 0 fully saturated rings. The molecular formula is C18H16BrFN2O3S. The zero-order chi connectivity index (χ0) is 18.9. The number of hydrogen-bond donors (Lipinski definition) is 1. The van der Waals surface area contributed by atoms with Crippen molar-refractivity contribution in [1.82, 2.24) is 9.88 Å². The highest BCUT2D eigenvalue weighted by molar-refractivity contribution is 9.10. The van der Waals surface area contributed by atoms with Gasteiger partial charge in [-0.15, -0.1) is 0 Å². The van der Waals surface area contributed by atoms with Crippen LogP contribution in [0.5, 0.6) is 0 Å². The van der Waals surface area contributed by atoms with Gasteiger partial charge in [0.1, 0.15) is 16.4 Å². The van der Waals surface area contributed by atoms with Gasteiger partial charge in [-0.05, 0) is 31.5 Å². The van der Waals surface area contributed by atoms with Crippen LogP contribution in [0.4, 0.5) is 4.39 Å². The van der Waals surface area contributed by atoms with E-state index in [1.807, 2.05) is 0 Å². The zero-order valence-corrected chi connectivity index (χ0v) is 16.4. The molecule has 0 radical (unpaired) electrons. The molecule has 5 nitrogen and oxygen atoms in total. The van der Waals surface area contributed by atoms with E-state index < -0.39 is 21.9 Å². The second-order valence-electron chi connectivity index (χ2n) is 5.78. The topological polar surface area (TPSA) is 72.2 Å². The minimum atomic E-state index is -3.99. The van der Waals surface area contributed by atoms with Crippen molar-refractivity contribution < 1.29 is 17.3 Å². The molecule has 0 unspecified atom stereocenters. The molecule has 3 aromatic rings. The summed E-state index contributed by atoms with van der Waals surface area (Å²) >= 11 is 3.21. The number of benzene rings is 2. The number of hydrogen-bond acceptors (Lipinski definition) is 4. The number of aromatic nitrogens is 1. The molecule has 3 rings (SSSR count). The van der Waals surface area contributed by atoms with E-state index in [0.29, 0.717) is 10.0 Å². The fraction of sp³-hybridized carbons (Fsp3) is 0.167. The van der Waals surface area contributed by atoms with Crippen LogP contribution in [-0.2, 0) is 10.0 Å². The predicted molar refractivity (Wildman–Crippen MR) is 98.7 cm³/mol. The van der Waals surface area contributed by atoms with Gasteiger partial charge in [0.05, 0.1) is 6.04 Å². The van der Waals surface area contributed by atoms with Crippen LogP contribution < -0.4 is 4.72 Å². The third-order valence-corrected chi connectivity index (χ3v) is 6.08. The molecule has 0 amide bonds. The Morgan fingerprint density at radius 2 is 1.85 bits per heavy atom. The first-order valence-electron chi connectivity index (χ1n) is 7.74. The Labute approximate surface area is 159 Å². The van der Waals surface area contributed by atoms with Gasteiger partial charge in [-0.25, -0.2) is 12.8 Å². The van der Waals surface area contributed by atoms with Gasteiger partial charge in [-0.3, -0.25) is 0 Å². The number of halogens is 2. The van der Waals surface area contributed by atoms with Gasteiger partial charge in [0, 0.05) is 10.0 Å². The Balaban J connectivity index is 2.10. The van der Waals surface area contributed by atoms with Gasteiger partial charge >= 0.3 is 0 Å². The van der Waals surface area contributed by atoms with Crippen molar-refractivity contribution in [2.45, 2.75) is 24.8 Å². The number of aryl methyl sites for hydroxylation is 2. The largest absolute Gasteiger partial charge is 0.360 e. The average molecular weight is 439 g/mol. The van der Waals surface area contributed by atoms with E-state index in [0.717, 1.165) is 0 Å². The standard InChI is InChI=1S/C18H16BrFN2O3S/c1-11-18(12(2)25-21-11)26(23,24)22-17(13-6-4-3-5-7-13)15-9-8-14(19)10-16(15)20/h3-10,17,22H,1-2H3/t17-/m0/s1. The molecule has 0 aliphatic carbocycles. The molecule has 1 atom stereocenters. The van der Waals surface area contributed by atoms with E-state index in [1.165, 1.54) is 13.0 Å². The summed E-state index contributed by atoms with van der Waals surface area (Å²) in [5.74, 6) is -0.340. The van der Waals surface area contributed by atoms with Crippen molar-refractivity contribution in [3.05, 3.63) is 81.4 Å². The third-order valence-electron chi connectivity index (χ3n) is 3.92. The van der Waals surface area contributed by atoms with Crippen molar-refractivity contribution >= 4 is 26.0 Å². The Hall–Kier alpha value is -2.03. The lowest BCUT2D eigenvalue weighted by Crippen LogP contribution is -2.30. The summed E-state index contributed by atoms with van der Waals surface area (Å²) in [6.07, 6.45) is 0. The fourth-order valence-electron chi connectivity index (χ4n) is 2.76. The maximum absolute atomic E-state index is 14.6. The lowest BCUT2D eigenvalue weighted by atomic mass is 9.99. The summed E-state index contributed by atoms with van der Waals surface area (Å²) in [5, 5.41) is 3.69. The Bertz CT molecular complexity index is 1020. The summed E-state index contributed by atoms with van der Waals surface area (Å²) in [4.78, 5) is -0.0315. The van der Waals surface area contributed by atoms with E-state index in [-0.39, 0.29) is 21.9 Å². The first-order valence-corrected chi connectivity index (χ1v) is 10.0. The zero-order valence-electron chi connectivity index (χ0n) is 14.0. The predicted octanol–water partition coefficient (Wildman–Crippen LogP) is 4.26. The molecule has 8 heteroatoms. The molecule has 26 heavy (non-hydrogen) atoms. The Morgan fingerprint density at radius 1 is 1.15 bits per heavy atom. The van der Waals surface area contributed by atoms with Crippen molar-refractivity contribution in [1.29, 1.82) is 0 Å². The van der Waals surface area contributed by atoms with Gasteiger partial charge in [0.2, 0.25) is 10.0 Å². The van der Waals surface area contributed by atoms with Gasteiger partial charge in [0.15, 0.2) is 5.76 Å². The minimum absolute atomic E-state index is 0.0315. The molecular weight excluding hydrogens is 423 g/mol. The molecule has 0 aliphatic heterocycles. The SMILES string of the molecule is Cc1noc(C)c1S(=O)(=O)N[C@@H](c1ccccc1)c1ccc(Br)cc1F. The molecule has 136 valence electrons. The summed E-state index contributed by atoms with van der Waals surface area (Å²) in [7, 11) is -3.99. The monoisotopic (exact) mass is 438 g/mol. The van der Waals surface area contributed by atoms with E-state index in [4.69, 9.17) is 4.52 Å². The molecule has 1 aromatic heterocycles. The van der Waals surface area contributed by atoms with Gasteiger partial charge in [-0.1, -0.05) is 57.5 Å². The molecule has 1 N–H and O–H groups in total. The van der Waals surface area contributed by atoms with Crippen LogP contribution >= 0.6 is 15.9 Å². The van der Waals surface area contributed by atoms with E-state index in [9.17, 15) is 12.8 Å². The number of nitrogens with one attached hydrogen (secondary N) is 1. The van der Waals surface area contributed by atoms with Crippen molar-refractivity contribution in [3.63, 3.8) is 0 Å². The quantitative estimate of drug-likeness (QED) is 0.645. The Kier molecular flexibility index (Phi) is 5.27. The van der Waals surface area contributed by atoms with E-state index in [1.54, 1.807) is 49.4 Å². The molecule has 0 saturated carbocycles. The van der Waals surface area contributed by atoms with Crippen molar-refractivity contribution in [2.24, 2.45) is 0 Å². The molecule has 2 aromatic carbocycles. The maximum atomic E-state index is 14.6. The lowest BCUT2D eigenvalue weighted by molar-refractivity contribution is 0.390. The highest BCUT2D eigenvalue weighted by Gasteiger charge is 2.29. The van der Waals surface area contributed by atoms with Crippen LogP contribution in [0.2, 0.25) is 0 Å². The smallest absolute Gasteiger partial charge is 0.246 e. The van der Waals surface area contributed by atoms with Crippen molar-refractivity contribution in [3.8, 4) is 0 Å². The minimum Gasteiger partial charge on any atom is -0.360 e. The average Bonchev–Trinajstić information content (AvgIpc) is 2.93. The third kappa shape index (κ3) is 3.72. The van der Waals surface area contributed by atoms with Crippen LogP contribution in [-0.4, -0.2) is 13.6 Å². The summed E-state index contributed by atoms with van der Waals surface area (Å²) in [5.41, 5.74) is 1.08. The first-order chi connectivity index (χ1) is 12.3. The second kappa shape index (κ2) is 7.30. The van der Waals surface area contributed by atoms with Crippen LogP contribution in [0.3, 0.4) is 0 Å². The summed E-state index contributed by atoms with van der Waals surface area (Å²) in [6, 6.07) is 12.4. The number of sulfonamides is 1. The normalized spacial score (nSPS) is 12.9. The van der Waals surface area contributed by atoms with Crippen LogP contribution in [0.1, 0.15) is 28.6 Å². The van der Waals surface area contributed by atoms with Gasteiger partial charge in [0.25, 0.3) is 0 Å². The Morgan fingerprint density at radius 3 is 2.42 bits per heavy atom. The molecule has 0 bridgehead atoms. The molecule has 0 saturated heterocycles. The highest BCUT2D eigenvalue weighted by atomic mass is 79.9. The molecule has 0 spiro atoms.